The molecule has 2 N–H and O–H groups in total. The summed E-state index contributed by atoms with van der Waals surface area (Å²) in [4.78, 5) is 26.3. The summed E-state index contributed by atoms with van der Waals surface area (Å²) in [6, 6.07) is 7.14. The van der Waals surface area contributed by atoms with Crippen molar-refractivity contribution < 1.29 is 27.1 Å². The van der Waals surface area contributed by atoms with Crippen LogP contribution >= 0.6 is 11.6 Å². The molecule has 0 fully saturated rings. The molecular formula is C22H24ClFN2O5S. The van der Waals surface area contributed by atoms with Gasteiger partial charge >= 0.3 is 0 Å². The van der Waals surface area contributed by atoms with Gasteiger partial charge in [-0.05, 0) is 35.7 Å². The largest absolute Gasteiger partial charge is 0.373 e. The number of fused-ring (bicyclic) bond motifs is 1. The van der Waals surface area contributed by atoms with Crippen molar-refractivity contribution in [3.63, 3.8) is 0 Å². The Hall–Kier alpha value is -2.33. The van der Waals surface area contributed by atoms with E-state index < -0.39 is 39.1 Å². The van der Waals surface area contributed by atoms with E-state index >= 15 is 0 Å². The van der Waals surface area contributed by atoms with Crippen molar-refractivity contribution in [2.45, 2.75) is 31.3 Å². The van der Waals surface area contributed by atoms with Crippen LogP contribution in [0.3, 0.4) is 0 Å². The van der Waals surface area contributed by atoms with E-state index in [1.807, 2.05) is 13.8 Å². The van der Waals surface area contributed by atoms with Crippen LogP contribution in [0.5, 0.6) is 0 Å². The maximum absolute atomic E-state index is 14.8. The van der Waals surface area contributed by atoms with E-state index in [0.717, 1.165) is 12.1 Å². The maximum Gasteiger partial charge on any atom is 0.245 e. The molecule has 10 heteroatoms. The number of benzene rings is 2. The summed E-state index contributed by atoms with van der Waals surface area (Å²) in [6.07, 6.45) is 0. The molecule has 1 atom stereocenters. The van der Waals surface area contributed by atoms with Crippen LogP contribution in [0.25, 0.3) is 0 Å². The normalized spacial score (nSPS) is 17.9. The molecule has 0 spiro atoms. The molecule has 32 heavy (non-hydrogen) atoms. The summed E-state index contributed by atoms with van der Waals surface area (Å²) < 4.78 is 45.7. The molecule has 1 amide bonds. The van der Waals surface area contributed by atoms with Crippen LogP contribution in [0.2, 0.25) is 5.02 Å². The number of hydrogen-bond acceptors (Lipinski definition) is 6. The topological polar surface area (TPSA) is 107 Å². The third-order valence-corrected chi connectivity index (χ3v) is 6.94. The van der Waals surface area contributed by atoms with Gasteiger partial charge in [-0.1, -0.05) is 37.6 Å². The lowest BCUT2D eigenvalue weighted by Gasteiger charge is -2.25. The molecular weight excluding hydrogens is 459 g/mol. The summed E-state index contributed by atoms with van der Waals surface area (Å²) in [5.74, 6) is -2.79. The number of amides is 1. The van der Waals surface area contributed by atoms with E-state index in [4.69, 9.17) is 22.1 Å². The van der Waals surface area contributed by atoms with Crippen LogP contribution in [-0.2, 0) is 25.9 Å². The molecule has 0 aliphatic carbocycles. The van der Waals surface area contributed by atoms with Crippen molar-refractivity contribution in [2.24, 2.45) is 11.7 Å². The SMILES string of the molecule is CC(C)COCC(=O)c1cc2c(cc1F)S(=O)(=O)C[C@H](N)C(=O)N2Cc1ccc(Cl)cc1. The van der Waals surface area contributed by atoms with E-state index in [-0.39, 0.29) is 35.2 Å². The molecule has 0 radical (unpaired) electrons. The minimum atomic E-state index is -4.08. The number of sulfone groups is 1. The predicted molar refractivity (Wildman–Crippen MR) is 119 cm³/mol. The van der Waals surface area contributed by atoms with E-state index in [2.05, 4.69) is 0 Å². The van der Waals surface area contributed by atoms with Gasteiger partial charge in [0.2, 0.25) is 5.91 Å². The maximum atomic E-state index is 14.8. The van der Waals surface area contributed by atoms with Gasteiger partial charge in [-0.25, -0.2) is 12.8 Å². The Bertz CT molecular complexity index is 1140. The first-order valence-electron chi connectivity index (χ1n) is 9.98. The molecule has 0 saturated heterocycles. The van der Waals surface area contributed by atoms with Crippen molar-refractivity contribution in [3.8, 4) is 0 Å². The number of halogens is 2. The molecule has 0 aromatic heterocycles. The number of carbonyl (C=O) groups excluding carboxylic acids is 2. The second-order valence-corrected chi connectivity index (χ2v) is 10.5. The Morgan fingerprint density at radius 1 is 1.28 bits per heavy atom. The molecule has 2 aromatic rings. The Labute approximate surface area is 191 Å². The molecule has 3 rings (SSSR count). The fourth-order valence-corrected chi connectivity index (χ4v) is 5.03. The number of anilines is 1. The Kier molecular flexibility index (Phi) is 7.34. The van der Waals surface area contributed by atoms with Crippen molar-refractivity contribution in [1.82, 2.24) is 0 Å². The number of nitrogens with zero attached hydrogens (tertiary/aromatic N) is 1. The Morgan fingerprint density at radius 2 is 1.94 bits per heavy atom. The zero-order chi connectivity index (χ0) is 23.6. The number of carbonyl (C=O) groups is 2. The Balaban J connectivity index is 2.08. The number of nitrogens with two attached hydrogens (primary N) is 1. The zero-order valence-electron chi connectivity index (χ0n) is 17.7. The van der Waals surface area contributed by atoms with Gasteiger partial charge in [0.1, 0.15) is 12.4 Å². The second kappa shape index (κ2) is 9.66. The van der Waals surface area contributed by atoms with Gasteiger partial charge in [-0.3, -0.25) is 9.59 Å². The van der Waals surface area contributed by atoms with Crippen LogP contribution in [0.4, 0.5) is 10.1 Å². The van der Waals surface area contributed by atoms with Gasteiger partial charge in [-0.15, -0.1) is 0 Å². The first kappa shape index (κ1) is 24.3. The van der Waals surface area contributed by atoms with Crippen LogP contribution in [-0.4, -0.2) is 45.1 Å². The highest BCUT2D eigenvalue weighted by molar-refractivity contribution is 7.91. The van der Waals surface area contributed by atoms with Crippen LogP contribution in [0.15, 0.2) is 41.3 Å². The van der Waals surface area contributed by atoms with Crippen molar-refractivity contribution >= 4 is 38.8 Å². The lowest BCUT2D eigenvalue weighted by Crippen LogP contribution is -2.45. The number of Topliss-reactive ketones (excluding diaryl/α,β-unsaturated/α-hetero) is 1. The van der Waals surface area contributed by atoms with Gasteiger partial charge in [-0.2, -0.15) is 0 Å². The molecule has 0 unspecified atom stereocenters. The zero-order valence-corrected chi connectivity index (χ0v) is 19.2. The van der Waals surface area contributed by atoms with Crippen LogP contribution in [0.1, 0.15) is 29.8 Å². The third-order valence-electron chi connectivity index (χ3n) is 4.90. The smallest absolute Gasteiger partial charge is 0.245 e. The van der Waals surface area contributed by atoms with Gasteiger partial charge < -0.3 is 15.4 Å². The molecule has 1 heterocycles. The lowest BCUT2D eigenvalue weighted by atomic mass is 10.1. The number of rotatable bonds is 7. The summed E-state index contributed by atoms with van der Waals surface area (Å²) in [7, 11) is -4.08. The minimum Gasteiger partial charge on any atom is -0.373 e. The summed E-state index contributed by atoms with van der Waals surface area (Å²) in [5.41, 5.74) is 6.06. The molecule has 1 aliphatic heterocycles. The standard InChI is InChI=1S/C22H24ClFN2O5S/c1-13(2)10-31-11-20(27)16-7-19-21(8-17(16)24)32(29,30)12-18(25)22(28)26(19)9-14-3-5-15(23)6-4-14/h3-8,13,18H,9-12,25H2,1-2H3/t18-/m0/s1. The first-order valence-corrected chi connectivity index (χ1v) is 12.0. The highest BCUT2D eigenvalue weighted by Gasteiger charge is 2.37. The van der Waals surface area contributed by atoms with Crippen LogP contribution in [0, 0.1) is 11.7 Å². The first-order chi connectivity index (χ1) is 15.0. The van der Waals surface area contributed by atoms with Gasteiger partial charge in [0.05, 0.1) is 34.5 Å². The molecule has 2 aromatic carbocycles. The van der Waals surface area contributed by atoms with Crippen molar-refractivity contribution in [2.75, 3.05) is 23.9 Å². The van der Waals surface area contributed by atoms with E-state index in [1.165, 1.54) is 4.90 Å². The number of hydrogen-bond donors (Lipinski definition) is 1. The number of ketones is 1. The number of ether oxygens (including phenoxy) is 1. The molecule has 0 bridgehead atoms. The van der Waals surface area contributed by atoms with E-state index in [1.54, 1.807) is 24.3 Å². The molecule has 172 valence electrons. The monoisotopic (exact) mass is 482 g/mol. The average Bonchev–Trinajstić information content (AvgIpc) is 2.77. The van der Waals surface area contributed by atoms with Crippen molar-refractivity contribution in [3.05, 3.63) is 58.4 Å². The second-order valence-electron chi connectivity index (χ2n) is 8.07. The highest BCUT2D eigenvalue weighted by Crippen LogP contribution is 2.34. The average molecular weight is 483 g/mol. The summed E-state index contributed by atoms with van der Waals surface area (Å²) in [5, 5.41) is 0.493. The van der Waals surface area contributed by atoms with Crippen molar-refractivity contribution in [1.29, 1.82) is 0 Å². The molecule has 7 nitrogen and oxygen atoms in total. The Morgan fingerprint density at radius 3 is 2.56 bits per heavy atom. The molecule has 0 saturated carbocycles. The summed E-state index contributed by atoms with van der Waals surface area (Å²) >= 11 is 5.91. The predicted octanol–water partition coefficient (Wildman–Crippen LogP) is 2.98. The fraction of sp³-hybridized carbons (Fsp3) is 0.364. The molecule has 1 aliphatic rings. The van der Waals surface area contributed by atoms with Gasteiger partial charge in [0.25, 0.3) is 0 Å². The van der Waals surface area contributed by atoms with Gasteiger partial charge in [0, 0.05) is 11.6 Å². The van der Waals surface area contributed by atoms with Crippen LogP contribution < -0.4 is 10.6 Å². The highest BCUT2D eigenvalue weighted by atomic mass is 35.5. The van der Waals surface area contributed by atoms with E-state index in [9.17, 15) is 22.4 Å². The lowest BCUT2D eigenvalue weighted by molar-refractivity contribution is -0.119. The summed E-state index contributed by atoms with van der Waals surface area (Å²) in [6.45, 7) is 3.72. The minimum absolute atomic E-state index is 0.0324. The third kappa shape index (κ3) is 5.35. The quantitative estimate of drug-likeness (QED) is 0.608. The van der Waals surface area contributed by atoms with Gasteiger partial charge in [0.15, 0.2) is 15.6 Å². The van der Waals surface area contributed by atoms with E-state index in [0.29, 0.717) is 17.2 Å². The fourth-order valence-electron chi connectivity index (χ4n) is 3.33.